The normalized spacial score (nSPS) is 10.8. The molecule has 0 aliphatic heterocycles. The number of amides is 2. The molecule has 0 bridgehead atoms. The molecule has 0 fully saturated rings. The first-order valence-corrected chi connectivity index (χ1v) is 13.5. The molecule has 0 aromatic heterocycles. The first kappa shape index (κ1) is 32.3. The molecule has 4 aromatic carbocycles. The average Bonchev–Trinajstić information content (AvgIpc) is 2.99. The minimum Gasteiger partial charge on any atom is -0.465 e. The number of hydrogen-bond donors (Lipinski definition) is 4. The summed E-state index contributed by atoms with van der Waals surface area (Å²) in [7, 11) is 1.33. The van der Waals surface area contributed by atoms with Gasteiger partial charge >= 0.3 is 5.97 Å². The van der Waals surface area contributed by atoms with Crippen LogP contribution in [0.3, 0.4) is 0 Å². The summed E-state index contributed by atoms with van der Waals surface area (Å²) in [5.41, 5.74) is 14.9. The summed E-state index contributed by atoms with van der Waals surface area (Å²) in [6, 6.07) is 26.1. The number of nitrogens with two attached hydrogens (primary N) is 2. The van der Waals surface area contributed by atoms with Crippen molar-refractivity contribution >= 4 is 29.2 Å². The van der Waals surface area contributed by atoms with Crippen molar-refractivity contribution in [2.45, 2.75) is 26.8 Å². The summed E-state index contributed by atoms with van der Waals surface area (Å²) in [5.74, 6) is 1.65. The number of hydrogen-bond acceptors (Lipinski definition) is 8. The van der Waals surface area contributed by atoms with Crippen molar-refractivity contribution < 1.29 is 28.6 Å². The van der Waals surface area contributed by atoms with Crippen LogP contribution < -0.4 is 31.6 Å². The van der Waals surface area contributed by atoms with Gasteiger partial charge in [-0.2, -0.15) is 0 Å². The number of carbonyl (C=O) groups excluding carboxylic acids is 3. The quantitative estimate of drug-likeness (QED) is 0.187. The lowest BCUT2D eigenvalue weighted by molar-refractivity contribution is -0.117. The SMILES string of the molecule is COC(=O)c1ccc(Oc2cccc(NC(=O)CN)c2)cc1.Cc1ccc(Oc2cccc(NC(=O)C(C)N)c2)cc1C. The van der Waals surface area contributed by atoms with E-state index in [0.29, 0.717) is 34.2 Å². The number of rotatable bonds is 9. The second kappa shape index (κ2) is 15.7. The van der Waals surface area contributed by atoms with E-state index >= 15 is 0 Å². The molecular formula is C33H36N4O6. The van der Waals surface area contributed by atoms with E-state index in [2.05, 4.69) is 22.3 Å². The minimum absolute atomic E-state index is 0.0833. The first-order valence-electron chi connectivity index (χ1n) is 13.5. The zero-order chi connectivity index (χ0) is 31.4. The molecule has 4 rings (SSSR count). The molecule has 0 saturated carbocycles. The zero-order valence-corrected chi connectivity index (χ0v) is 24.5. The van der Waals surface area contributed by atoms with E-state index in [1.54, 1.807) is 67.6 Å². The smallest absolute Gasteiger partial charge is 0.337 e. The van der Waals surface area contributed by atoms with Crippen LogP contribution in [0.1, 0.15) is 28.4 Å². The summed E-state index contributed by atoms with van der Waals surface area (Å²) in [4.78, 5) is 34.2. The second-order valence-electron chi connectivity index (χ2n) is 9.55. The molecule has 0 saturated heterocycles. The predicted molar refractivity (Wildman–Crippen MR) is 167 cm³/mol. The third kappa shape index (κ3) is 10.3. The van der Waals surface area contributed by atoms with Crippen molar-refractivity contribution in [3.05, 3.63) is 108 Å². The van der Waals surface area contributed by atoms with Crippen LogP contribution in [0.5, 0.6) is 23.0 Å². The summed E-state index contributed by atoms with van der Waals surface area (Å²) in [6.07, 6.45) is 0. The van der Waals surface area contributed by atoms with Crippen LogP contribution in [-0.4, -0.2) is 37.5 Å². The lowest BCUT2D eigenvalue weighted by atomic mass is 10.1. The van der Waals surface area contributed by atoms with Crippen LogP contribution in [0.25, 0.3) is 0 Å². The van der Waals surface area contributed by atoms with E-state index < -0.39 is 12.0 Å². The van der Waals surface area contributed by atoms with Gasteiger partial charge in [-0.15, -0.1) is 0 Å². The minimum atomic E-state index is -0.547. The highest BCUT2D eigenvalue weighted by atomic mass is 16.5. The predicted octanol–water partition coefficient (Wildman–Crippen LogP) is 5.54. The molecule has 0 aliphatic carbocycles. The van der Waals surface area contributed by atoms with Crippen LogP contribution in [0, 0.1) is 13.8 Å². The fraction of sp³-hybridized carbons (Fsp3) is 0.182. The average molecular weight is 585 g/mol. The molecular weight excluding hydrogens is 548 g/mol. The van der Waals surface area contributed by atoms with Crippen molar-refractivity contribution in [1.82, 2.24) is 0 Å². The molecule has 0 radical (unpaired) electrons. The van der Waals surface area contributed by atoms with E-state index in [1.807, 2.05) is 37.3 Å². The Balaban J connectivity index is 0.000000236. The molecule has 0 aliphatic rings. The van der Waals surface area contributed by atoms with E-state index in [0.717, 1.165) is 5.75 Å². The second-order valence-corrected chi connectivity index (χ2v) is 9.55. The van der Waals surface area contributed by atoms with Gasteiger partial charge in [-0.3, -0.25) is 9.59 Å². The molecule has 43 heavy (non-hydrogen) atoms. The zero-order valence-electron chi connectivity index (χ0n) is 24.5. The summed E-state index contributed by atoms with van der Waals surface area (Å²) in [6.45, 7) is 5.66. The lowest BCUT2D eigenvalue weighted by Crippen LogP contribution is -2.32. The van der Waals surface area contributed by atoms with Gasteiger partial charge in [0, 0.05) is 23.5 Å². The number of esters is 1. The monoisotopic (exact) mass is 584 g/mol. The van der Waals surface area contributed by atoms with Gasteiger partial charge in [0.25, 0.3) is 0 Å². The lowest BCUT2D eigenvalue weighted by Gasteiger charge is -2.11. The highest BCUT2D eigenvalue weighted by Crippen LogP contribution is 2.26. The maximum absolute atomic E-state index is 11.6. The van der Waals surface area contributed by atoms with E-state index in [-0.39, 0.29) is 18.4 Å². The number of methoxy groups -OCH3 is 1. The standard InChI is InChI=1S/C17H20N2O2.C16H16N2O4/c1-11-7-8-16(9-12(11)2)21-15-6-4-5-14(10-15)19-17(20)13(3)18;1-21-16(20)11-5-7-13(8-6-11)22-14-4-2-3-12(9-14)18-15(19)10-17/h4-10,13H,18H2,1-3H3,(H,19,20);2-9H,10,17H2,1H3,(H,18,19). The molecule has 2 amide bonds. The van der Waals surface area contributed by atoms with Gasteiger partial charge < -0.3 is 36.3 Å². The molecule has 0 spiro atoms. The number of carbonyl (C=O) groups is 3. The Hall–Kier alpha value is -5.19. The van der Waals surface area contributed by atoms with Gasteiger partial charge in [-0.05, 0) is 92.6 Å². The third-order valence-electron chi connectivity index (χ3n) is 6.04. The van der Waals surface area contributed by atoms with E-state index in [1.165, 1.54) is 18.2 Å². The van der Waals surface area contributed by atoms with Gasteiger partial charge in [-0.1, -0.05) is 18.2 Å². The molecule has 4 aromatic rings. The van der Waals surface area contributed by atoms with Crippen molar-refractivity contribution in [1.29, 1.82) is 0 Å². The molecule has 10 nitrogen and oxygen atoms in total. The van der Waals surface area contributed by atoms with E-state index in [9.17, 15) is 14.4 Å². The van der Waals surface area contributed by atoms with Crippen LogP contribution in [-0.2, 0) is 14.3 Å². The highest BCUT2D eigenvalue weighted by Gasteiger charge is 2.09. The van der Waals surface area contributed by atoms with Gasteiger partial charge in [0.1, 0.15) is 23.0 Å². The van der Waals surface area contributed by atoms with Crippen molar-refractivity contribution in [2.24, 2.45) is 11.5 Å². The first-order chi connectivity index (χ1) is 20.6. The Morgan fingerprint density at radius 3 is 1.79 bits per heavy atom. The Bertz CT molecular complexity index is 1550. The maximum atomic E-state index is 11.6. The van der Waals surface area contributed by atoms with Gasteiger partial charge in [-0.25, -0.2) is 4.79 Å². The van der Waals surface area contributed by atoms with Crippen molar-refractivity contribution in [3.8, 4) is 23.0 Å². The Morgan fingerprint density at radius 1 is 0.721 bits per heavy atom. The fourth-order valence-electron chi connectivity index (χ4n) is 3.57. The molecule has 0 heterocycles. The number of nitrogens with one attached hydrogen (secondary N) is 2. The topological polar surface area (TPSA) is 155 Å². The Kier molecular flexibility index (Phi) is 11.8. The third-order valence-corrected chi connectivity index (χ3v) is 6.04. The molecule has 10 heteroatoms. The molecule has 6 N–H and O–H groups in total. The van der Waals surface area contributed by atoms with Gasteiger partial charge in [0.2, 0.25) is 11.8 Å². The summed E-state index contributed by atoms with van der Waals surface area (Å²) in [5, 5.41) is 5.39. The van der Waals surface area contributed by atoms with Crippen LogP contribution in [0.2, 0.25) is 0 Å². The van der Waals surface area contributed by atoms with Gasteiger partial charge in [0.05, 0.1) is 25.3 Å². The van der Waals surface area contributed by atoms with E-state index in [4.69, 9.17) is 20.9 Å². The van der Waals surface area contributed by atoms with Crippen molar-refractivity contribution in [3.63, 3.8) is 0 Å². The van der Waals surface area contributed by atoms with Crippen LogP contribution in [0.4, 0.5) is 11.4 Å². The molecule has 1 atom stereocenters. The number of benzene rings is 4. The molecule has 224 valence electrons. The van der Waals surface area contributed by atoms with Crippen LogP contribution in [0.15, 0.2) is 91.0 Å². The van der Waals surface area contributed by atoms with Gasteiger partial charge in [0.15, 0.2) is 0 Å². The number of anilines is 2. The highest BCUT2D eigenvalue weighted by molar-refractivity contribution is 5.94. The number of ether oxygens (including phenoxy) is 3. The largest absolute Gasteiger partial charge is 0.465 e. The van der Waals surface area contributed by atoms with Crippen LogP contribution >= 0.6 is 0 Å². The fourth-order valence-corrected chi connectivity index (χ4v) is 3.57. The molecule has 1 unspecified atom stereocenters. The Labute approximate surface area is 250 Å². The van der Waals surface area contributed by atoms with Crippen molar-refractivity contribution in [2.75, 3.05) is 24.3 Å². The Morgan fingerprint density at radius 2 is 1.26 bits per heavy atom. The summed E-state index contributed by atoms with van der Waals surface area (Å²) < 4.78 is 16.1. The maximum Gasteiger partial charge on any atom is 0.337 e. The number of aryl methyl sites for hydroxylation is 2. The summed E-state index contributed by atoms with van der Waals surface area (Å²) >= 11 is 0.